The van der Waals surface area contributed by atoms with Gasteiger partial charge in [-0.3, -0.25) is 9.79 Å². The van der Waals surface area contributed by atoms with Crippen LogP contribution in [0.1, 0.15) is 33.0 Å². The van der Waals surface area contributed by atoms with Crippen LogP contribution < -0.4 is 16.0 Å². The highest BCUT2D eigenvalue weighted by atomic mass is 127. The number of hydrogen-bond acceptors (Lipinski definition) is 4. The molecule has 0 saturated carbocycles. The number of halogens is 1. The zero-order valence-corrected chi connectivity index (χ0v) is 19.2. The number of benzene rings is 1. The van der Waals surface area contributed by atoms with E-state index >= 15 is 0 Å². The molecule has 3 N–H and O–H groups in total. The van der Waals surface area contributed by atoms with Crippen LogP contribution in [0.25, 0.3) is 0 Å². The van der Waals surface area contributed by atoms with Crippen molar-refractivity contribution in [1.29, 1.82) is 0 Å². The first-order valence-electron chi connectivity index (χ1n) is 8.79. The molecule has 0 saturated heterocycles. The molecule has 148 valence electrons. The Morgan fingerprint density at radius 3 is 2.67 bits per heavy atom. The van der Waals surface area contributed by atoms with Crippen molar-refractivity contribution in [2.75, 3.05) is 27.2 Å². The molecule has 0 aliphatic rings. The van der Waals surface area contributed by atoms with E-state index in [4.69, 9.17) is 0 Å². The van der Waals surface area contributed by atoms with E-state index < -0.39 is 0 Å². The van der Waals surface area contributed by atoms with Crippen molar-refractivity contribution in [1.82, 2.24) is 20.9 Å². The molecule has 1 aromatic heterocycles. The molecule has 27 heavy (non-hydrogen) atoms. The standard InChI is InChI=1S/C19H27N5OS.HI/c1-14-13-26-17(24-14)8-5-10-22-19(21-3)23-11-9-15-6-4-7-16(12-15)18(25)20-2;/h4,6-7,12-13H,5,8-11H2,1-3H3,(H,20,25)(H2,21,22,23);1H. The third-order valence-electron chi connectivity index (χ3n) is 3.87. The van der Waals surface area contributed by atoms with Crippen LogP contribution in [0.15, 0.2) is 34.6 Å². The molecular formula is C19H28IN5OS. The van der Waals surface area contributed by atoms with Crippen molar-refractivity contribution in [3.8, 4) is 0 Å². The number of guanidine groups is 1. The molecule has 2 aromatic rings. The van der Waals surface area contributed by atoms with Gasteiger partial charge in [0.2, 0.25) is 0 Å². The number of thiazole rings is 1. The molecule has 1 amide bonds. The van der Waals surface area contributed by atoms with E-state index in [1.807, 2.05) is 31.2 Å². The van der Waals surface area contributed by atoms with Crippen LogP contribution in [0, 0.1) is 6.92 Å². The lowest BCUT2D eigenvalue weighted by molar-refractivity contribution is 0.0963. The summed E-state index contributed by atoms with van der Waals surface area (Å²) in [4.78, 5) is 20.4. The van der Waals surface area contributed by atoms with Gasteiger partial charge in [0.15, 0.2) is 5.96 Å². The molecular weight excluding hydrogens is 473 g/mol. The summed E-state index contributed by atoms with van der Waals surface area (Å²) in [6.45, 7) is 3.63. The van der Waals surface area contributed by atoms with Gasteiger partial charge in [-0.1, -0.05) is 12.1 Å². The van der Waals surface area contributed by atoms with E-state index in [1.54, 1.807) is 25.4 Å². The summed E-state index contributed by atoms with van der Waals surface area (Å²) in [7, 11) is 3.41. The summed E-state index contributed by atoms with van der Waals surface area (Å²) >= 11 is 1.72. The number of rotatable bonds is 8. The summed E-state index contributed by atoms with van der Waals surface area (Å²) in [5, 5.41) is 12.5. The molecule has 0 aliphatic heterocycles. The summed E-state index contributed by atoms with van der Waals surface area (Å²) in [6.07, 6.45) is 2.82. The molecule has 2 rings (SSSR count). The molecule has 1 heterocycles. The fourth-order valence-corrected chi connectivity index (χ4v) is 3.34. The Balaban J connectivity index is 0.00000364. The molecule has 0 unspecified atom stereocenters. The average molecular weight is 501 g/mol. The van der Waals surface area contributed by atoms with Gasteiger partial charge < -0.3 is 16.0 Å². The molecule has 6 nitrogen and oxygen atoms in total. The Morgan fingerprint density at radius 1 is 1.22 bits per heavy atom. The molecule has 0 bridgehead atoms. The highest BCUT2D eigenvalue weighted by Crippen LogP contribution is 2.10. The fourth-order valence-electron chi connectivity index (χ4n) is 2.52. The van der Waals surface area contributed by atoms with E-state index in [9.17, 15) is 4.79 Å². The number of amides is 1. The summed E-state index contributed by atoms with van der Waals surface area (Å²) in [6, 6.07) is 7.68. The van der Waals surface area contributed by atoms with Gasteiger partial charge in [-0.05, 0) is 37.5 Å². The normalized spacial score (nSPS) is 10.9. The quantitative estimate of drug-likeness (QED) is 0.225. The number of hydrogen-bond donors (Lipinski definition) is 3. The van der Waals surface area contributed by atoms with E-state index in [1.165, 1.54) is 5.01 Å². The van der Waals surface area contributed by atoms with Gasteiger partial charge in [0.25, 0.3) is 5.91 Å². The SMILES string of the molecule is CN=C(NCCCc1nc(C)cs1)NCCc1cccc(C(=O)NC)c1.I. The molecule has 0 fully saturated rings. The predicted molar refractivity (Wildman–Crippen MR) is 123 cm³/mol. The van der Waals surface area contributed by atoms with E-state index in [0.717, 1.165) is 49.6 Å². The van der Waals surface area contributed by atoms with Crippen LogP contribution in [-0.2, 0) is 12.8 Å². The van der Waals surface area contributed by atoms with Gasteiger partial charge in [-0.15, -0.1) is 35.3 Å². The summed E-state index contributed by atoms with van der Waals surface area (Å²) in [5.74, 6) is 0.732. The predicted octanol–water partition coefficient (Wildman–Crippen LogP) is 2.77. The lowest BCUT2D eigenvalue weighted by Crippen LogP contribution is -2.38. The van der Waals surface area contributed by atoms with Gasteiger partial charge in [0.05, 0.1) is 5.01 Å². The van der Waals surface area contributed by atoms with Gasteiger partial charge in [0, 0.05) is 50.2 Å². The van der Waals surface area contributed by atoms with Gasteiger partial charge in [-0.25, -0.2) is 4.98 Å². The van der Waals surface area contributed by atoms with Gasteiger partial charge >= 0.3 is 0 Å². The fraction of sp³-hybridized carbons (Fsp3) is 0.421. The first-order chi connectivity index (χ1) is 12.6. The zero-order chi connectivity index (χ0) is 18.8. The topological polar surface area (TPSA) is 78.4 Å². The number of aromatic nitrogens is 1. The molecule has 0 radical (unpaired) electrons. The largest absolute Gasteiger partial charge is 0.356 e. The molecule has 0 aliphatic carbocycles. The number of aryl methyl sites for hydroxylation is 2. The van der Waals surface area contributed by atoms with Crippen LogP contribution in [0.2, 0.25) is 0 Å². The third kappa shape index (κ3) is 8.25. The highest BCUT2D eigenvalue weighted by Gasteiger charge is 2.04. The highest BCUT2D eigenvalue weighted by molar-refractivity contribution is 14.0. The second-order valence-corrected chi connectivity index (χ2v) is 6.88. The zero-order valence-electron chi connectivity index (χ0n) is 16.0. The van der Waals surface area contributed by atoms with E-state index in [0.29, 0.717) is 5.56 Å². The Labute approximate surface area is 182 Å². The molecule has 8 heteroatoms. The van der Waals surface area contributed by atoms with Crippen molar-refractivity contribution >= 4 is 47.2 Å². The lowest BCUT2D eigenvalue weighted by atomic mass is 10.1. The van der Waals surface area contributed by atoms with E-state index in [-0.39, 0.29) is 29.9 Å². The maximum atomic E-state index is 11.7. The maximum absolute atomic E-state index is 11.7. The van der Waals surface area contributed by atoms with Crippen molar-refractivity contribution in [2.45, 2.75) is 26.2 Å². The third-order valence-corrected chi connectivity index (χ3v) is 4.90. The Bertz CT molecular complexity index is 747. The van der Waals surface area contributed by atoms with Crippen LogP contribution in [0.3, 0.4) is 0 Å². The Hall–Kier alpha value is -1.68. The average Bonchev–Trinajstić information content (AvgIpc) is 3.08. The molecule has 1 aromatic carbocycles. The van der Waals surface area contributed by atoms with Crippen LogP contribution in [0.5, 0.6) is 0 Å². The summed E-state index contributed by atoms with van der Waals surface area (Å²) < 4.78 is 0. The number of nitrogens with one attached hydrogen (secondary N) is 3. The Morgan fingerprint density at radius 2 is 2.00 bits per heavy atom. The first kappa shape index (κ1) is 23.4. The number of aliphatic imine (C=N–C) groups is 1. The molecule has 0 atom stereocenters. The number of carbonyl (C=O) groups is 1. The van der Waals surface area contributed by atoms with Gasteiger partial charge in [-0.2, -0.15) is 0 Å². The van der Waals surface area contributed by atoms with Gasteiger partial charge in [0.1, 0.15) is 0 Å². The van der Waals surface area contributed by atoms with Crippen molar-refractivity contribution < 1.29 is 4.79 Å². The Kier molecular flexibility index (Phi) is 11.0. The lowest BCUT2D eigenvalue weighted by Gasteiger charge is -2.12. The first-order valence-corrected chi connectivity index (χ1v) is 9.67. The number of nitrogens with zero attached hydrogens (tertiary/aromatic N) is 2. The summed E-state index contributed by atoms with van der Waals surface area (Å²) in [5.41, 5.74) is 2.90. The van der Waals surface area contributed by atoms with Crippen LogP contribution >= 0.6 is 35.3 Å². The second kappa shape index (κ2) is 12.7. The second-order valence-electron chi connectivity index (χ2n) is 5.94. The minimum Gasteiger partial charge on any atom is -0.356 e. The maximum Gasteiger partial charge on any atom is 0.251 e. The minimum absolute atomic E-state index is 0. The van der Waals surface area contributed by atoms with Crippen molar-refractivity contribution in [2.24, 2.45) is 4.99 Å². The molecule has 0 spiro atoms. The number of carbonyl (C=O) groups excluding carboxylic acids is 1. The van der Waals surface area contributed by atoms with Crippen LogP contribution in [-0.4, -0.2) is 44.0 Å². The van der Waals surface area contributed by atoms with E-state index in [2.05, 4.69) is 31.3 Å². The smallest absolute Gasteiger partial charge is 0.251 e. The van der Waals surface area contributed by atoms with Crippen LogP contribution in [0.4, 0.5) is 0 Å². The van der Waals surface area contributed by atoms with Crippen molar-refractivity contribution in [3.63, 3.8) is 0 Å². The minimum atomic E-state index is -0.0623. The monoisotopic (exact) mass is 501 g/mol. The van der Waals surface area contributed by atoms with Crippen molar-refractivity contribution in [3.05, 3.63) is 51.5 Å².